The van der Waals surface area contributed by atoms with Crippen molar-refractivity contribution in [2.75, 3.05) is 33.2 Å². The lowest BCUT2D eigenvalue weighted by molar-refractivity contribution is -0.143. The molecule has 3 aliphatic rings. The van der Waals surface area contributed by atoms with Crippen LogP contribution in [0.25, 0.3) is 0 Å². The Labute approximate surface area is 257 Å². The Morgan fingerprint density at radius 3 is 2.20 bits per heavy atom. The minimum Gasteiger partial charge on any atom is -0.337 e. The number of alkyl halides is 6. The highest BCUT2D eigenvalue weighted by Gasteiger charge is 2.42. The zero-order chi connectivity index (χ0) is 31.3. The van der Waals surface area contributed by atoms with Gasteiger partial charge in [0.25, 0.3) is 0 Å². The first-order chi connectivity index (χ1) is 20.1. The SMILES string of the molecule is Cc1cc(F)ccc1[C@H]1C[C@@H](N2CCN3C(=O)CCC3C2)CCN1C(=O)N(C)Cc1cc(C(F)(F)F)cc(C(F)(F)F)c1.Cl. The maximum atomic E-state index is 14.0. The number of aryl methyl sites for hydroxylation is 1. The molecule has 3 saturated heterocycles. The number of fused-ring (bicyclic) bond motifs is 1. The van der Waals surface area contributed by atoms with Gasteiger partial charge in [0.15, 0.2) is 0 Å². The largest absolute Gasteiger partial charge is 0.416 e. The van der Waals surface area contributed by atoms with E-state index in [2.05, 4.69) is 4.90 Å². The smallest absolute Gasteiger partial charge is 0.337 e. The summed E-state index contributed by atoms with van der Waals surface area (Å²) in [5, 5.41) is 0. The number of halogens is 8. The van der Waals surface area contributed by atoms with E-state index in [1.54, 1.807) is 17.9 Å². The number of carbonyl (C=O) groups excluding carboxylic acids is 2. The van der Waals surface area contributed by atoms with Crippen molar-refractivity contribution in [3.63, 3.8) is 0 Å². The highest BCUT2D eigenvalue weighted by molar-refractivity contribution is 5.85. The average Bonchev–Trinajstić information content (AvgIpc) is 3.31. The molecule has 0 bridgehead atoms. The number of rotatable bonds is 4. The molecular weight excluding hydrogens is 617 g/mol. The summed E-state index contributed by atoms with van der Waals surface area (Å²) in [6.45, 7) is 3.58. The molecule has 0 aliphatic carbocycles. The molecule has 3 amide bonds. The summed E-state index contributed by atoms with van der Waals surface area (Å²) < 4.78 is 94.4. The van der Waals surface area contributed by atoms with Crippen LogP contribution in [0.15, 0.2) is 36.4 Å². The van der Waals surface area contributed by atoms with Crippen LogP contribution in [-0.4, -0.2) is 76.8 Å². The van der Waals surface area contributed by atoms with Crippen LogP contribution in [0.4, 0.5) is 35.5 Å². The minimum atomic E-state index is -5.00. The van der Waals surface area contributed by atoms with Crippen LogP contribution in [0.5, 0.6) is 0 Å². The van der Waals surface area contributed by atoms with Crippen LogP contribution in [-0.2, 0) is 23.7 Å². The number of likely N-dealkylation sites (tertiary alicyclic amines) is 1. The number of benzene rings is 2. The Balaban J connectivity index is 0.00000442. The predicted molar refractivity (Wildman–Crippen MR) is 150 cm³/mol. The number of urea groups is 1. The zero-order valence-electron chi connectivity index (χ0n) is 24.2. The van der Waals surface area contributed by atoms with Crippen LogP contribution in [0.1, 0.15) is 59.5 Å². The summed E-state index contributed by atoms with van der Waals surface area (Å²) in [5.41, 5.74) is -1.83. The number of hydrogen-bond donors (Lipinski definition) is 0. The molecule has 0 radical (unpaired) electrons. The third-order valence-corrected chi connectivity index (χ3v) is 8.85. The molecule has 3 heterocycles. The first kappa shape index (κ1) is 33.8. The van der Waals surface area contributed by atoms with E-state index >= 15 is 0 Å². The summed E-state index contributed by atoms with van der Waals surface area (Å²) in [7, 11) is 1.34. The maximum Gasteiger partial charge on any atom is 0.416 e. The van der Waals surface area contributed by atoms with E-state index in [0.29, 0.717) is 50.0 Å². The summed E-state index contributed by atoms with van der Waals surface area (Å²) >= 11 is 0. The lowest BCUT2D eigenvalue weighted by Gasteiger charge is -2.48. The lowest BCUT2D eigenvalue weighted by atomic mass is 9.88. The van der Waals surface area contributed by atoms with Crippen LogP contribution in [0.2, 0.25) is 0 Å². The standard InChI is InChI=1S/C30H33F7N4O2.ClH/c1-18-11-22(31)3-5-25(18)26-15-23(39-9-10-40-24(17-39)4-6-27(40)42)7-8-41(26)28(43)38(2)16-19-12-20(29(32,33)34)14-21(13-19)30(35,36)37;/h3,5,11-14,23-24,26H,4,6-10,15-17H2,1-2H3;1H/t23-,24?,26+;/m0./s1. The fourth-order valence-corrected chi connectivity index (χ4v) is 6.71. The average molecular weight is 651 g/mol. The van der Waals surface area contributed by atoms with E-state index in [9.17, 15) is 40.3 Å². The van der Waals surface area contributed by atoms with Gasteiger partial charge in [-0.3, -0.25) is 9.69 Å². The molecule has 1 unspecified atom stereocenters. The van der Waals surface area contributed by atoms with Crippen LogP contribution >= 0.6 is 12.4 Å². The van der Waals surface area contributed by atoms with Gasteiger partial charge in [-0.1, -0.05) is 6.07 Å². The molecule has 44 heavy (non-hydrogen) atoms. The van der Waals surface area contributed by atoms with E-state index in [-0.39, 0.29) is 48.6 Å². The molecule has 0 N–H and O–H groups in total. The van der Waals surface area contributed by atoms with Gasteiger partial charge in [0.2, 0.25) is 5.91 Å². The Hall–Kier alpha value is -3.06. The molecule has 0 aromatic heterocycles. The van der Waals surface area contributed by atoms with Gasteiger partial charge in [0.1, 0.15) is 5.82 Å². The van der Waals surface area contributed by atoms with Gasteiger partial charge >= 0.3 is 18.4 Å². The summed E-state index contributed by atoms with van der Waals surface area (Å²) in [5.74, 6) is -0.272. The number of hydrogen-bond acceptors (Lipinski definition) is 3. The predicted octanol–water partition coefficient (Wildman–Crippen LogP) is 6.66. The molecule has 3 aliphatic heterocycles. The first-order valence-electron chi connectivity index (χ1n) is 14.2. The van der Waals surface area contributed by atoms with Gasteiger partial charge in [-0.25, -0.2) is 9.18 Å². The van der Waals surface area contributed by atoms with Crippen LogP contribution < -0.4 is 0 Å². The molecule has 3 fully saturated rings. The minimum absolute atomic E-state index is 0. The summed E-state index contributed by atoms with van der Waals surface area (Å²) in [6, 6.07) is 4.78. The van der Waals surface area contributed by atoms with Gasteiger partial charge in [-0.15, -0.1) is 12.4 Å². The second-order valence-electron chi connectivity index (χ2n) is 11.7. The number of piperidine rings is 1. The topological polar surface area (TPSA) is 47.1 Å². The highest BCUT2D eigenvalue weighted by atomic mass is 35.5. The van der Waals surface area contributed by atoms with Crippen LogP contribution in [0, 0.1) is 12.7 Å². The van der Waals surface area contributed by atoms with E-state index < -0.39 is 47.9 Å². The van der Waals surface area contributed by atoms with E-state index in [1.165, 1.54) is 19.2 Å². The van der Waals surface area contributed by atoms with Gasteiger partial charge in [-0.05, 0) is 73.2 Å². The monoisotopic (exact) mass is 650 g/mol. The second-order valence-corrected chi connectivity index (χ2v) is 11.7. The number of amides is 3. The zero-order valence-corrected chi connectivity index (χ0v) is 25.0. The lowest BCUT2D eigenvalue weighted by Crippen LogP contribution is -2.57. The second kappa shape index (κ2) is 12.7. The van der Waals surface area contributed by atoms with Crippen molar-refractivity contribution in [1.29, 1.82) is 0 Å². The quantitative estimate of drug-likeness (QED) is 0.348. The first-order valence-corrected chi connectivity index (χ1v) is 14.2. The van der Waals surface area contributed by atoms with E-state index in [0.717, 1.165) is 23.4 Å². The Kier molecular flexibility index (Phi) is 9.80. The summed E-state index contributed by atoms with van der Waals surface area (Å²) in [4.78, 5) is 32.9. The molecular formula is C30H34ClF7N4O2. The molecule has 14 heteroatoms. The normalized spacial score (nSPS) is 22.9. The van der Waals surface area contributed by atoms with Gasteiger partial charge < -0.3 is 14.7 Å². The number of nitrogens with zero attached hydrogens (tertiary/aromatic N) is 4. The van der Waals surface area contributed by atoms with Crippen LogP contribution in [0.3, 0.4) is 0 Å². The van der Waals surface area contributed by atoms with Crippen molar-refractivity contribution in [1.82, 2.24) is 19.6 Å². The summed E-state index contributed by atoms with van der Waals surface area (Å²) in [6.07, 6.45) is -7.56. The molecule has 2 aromatic rings. The number of piperazine rings is 1. The van der Waals surface area contributed by atoms with Crippen molar-refractivity contribution in [3.8, 4) is 0 Å². The van der Waals surface area contributed by atoms with E-state index in [1.807, 2.05) is 4.90 Å². The molecule has 6 nitrogen and oxygen atoms in total. The Bertz CT molecular complexity index is 1350. The Morgan fingerprint density at radius 2 is 1.59 bits per heavy atom. The maximum absolute atomic E-state index is 14.0. The fraction of sp³-hybridized carbons (Fsp3) is 0.533. The van der Waals surface area contributed by atoms with E-state index in [4.69, 9.17) is 0 Å². The van der Waals surface area contributed by atoms with Crippen molar-refractivity contribution < 1.29 is 40.3 Å². The third-order valence-electron chi connectivity index (χ3n) is 8.85. The third kappa shape index (κ3) is 7.09. The fourth-order valence-electron chi connectivity index (χ4n) is 6.71. The van der Waals surface area contributed by atoms with Gasteiger partial charge in [0, 0.05) is 58.3 Å². The highest BCUT2D eigenvalue weighted by Crippen LogP contribution is 2.39. The van der Waals surface area contributed by atoms with Gasteiger partial charge in [-0.2, -0.15) is 26.3 Å². The number of carbonyl (C=O) groups is 2. The van der Waals surface area contributed by atoms with Gasteiger partial charge in [0.05, 0.1) is 17.2 Å². The molecule has 0 saturated carbocycles. The Morgan fingerprint density at radius 1 is 0.932 bits per heavy atom. The molecule has 3 atom stereocenters. The molecule has 0 spiro atoms. The van der Waals surface area contributed by atoms with Crippen molar-refractivity contribution in [2.45, 2.75) is 69.6 Å². The molecule has 2 aromatic carbocycles. The molecule has 242 valence electrons. The van der Waals surface area contributed by atoms with Crippen molar-refractivity contribution >= 4 is 24.3 Å². The molecule has 5 rings (SSSR count). The van der Waals surface area contributed by atoms with Crippen molar-refractivity contribution in [3.05, 3.63) is 70.0 Å². The van der Waals surface area contributed by atoms with Crippen molar-refractivity contribution in [2.24, 2.45) is 0 Å².